The zero-order valence-corrected chi connectivity index (χ0v) is 9.39. The second kappa shape index (κ2) is 3.63. The Kier molecular flexibility index (Phi) is 2.45. The number of H-pyrrole nitrogens is 1. The molecule has 0 unspecified atom stereocenters. The van der Waals surface area contributed by atoms with Crippen LogP contribution in [-0.2, 0) is 10.0 Å². The average Bonchev–Trinajstić information content (AvgIpc) is 2.75. The highest BCUT2D eigenvalue weighted by atomic mass is 32.2. The number of aromatic nitrogens is 3. The number of hydrogen-bond acceptors (Lipinski definition) is 5. The lowest BCUT2D eigenvalue weighted by Gasteiger charge is -1.99. The van der Waals surface area contributed by atoms with Crippen LogP contribution in [0.4, 0.5) is 5.95 Å². The van der Waals surface area contributed by atoms with Crippen molar-refractivity contribution in [2.45, 2.75) is 11.1 Å². The summed E-state index contributed by atoms with van der Waals surface area (Å²) in [6, 6.07) is 3.19. The molecule has 0 spiro atoms. The van der Waals surface area contributed by atoms with Crippen molar-refractivity contribution in [1.29, 1.82) is 0 Å². The first kappa shape index (κ1) is 10.1. The van der Waals surface area contributed by atoms with Gasteiger partial charge in [-0.1, -0.05) is 6.07 Å². The van der Waals surface area contributed by atoms with Crippen LogP contribution < -0.4 is 4.72 Å². The van der Waals surface area contributed by atoms with Gasteiger partial charge in [0.2, 0.25) is 0 Å². The molecule has 6 nitrogen and oxygen atoms in total. The molecule has 2 N–H and O–H groups in total. The third-order valence-corrected chi connectivity index (χ3v) is 4.31. The molecule has 2 rings (SSSR count). The number of nitrogens with one attached hydrogen (secondary N) is 2. The lowest BCUT2D eigenvalue weighted by Crippen LogP contribution is -2.12. The Bertz CT molecular complexity index is 543. The van der Waals surface area contributed by atoms with Crippen molar-refractivity contribution >= 4 is 27.3 Å². The van der Waals surface area contributed by atoms with Crippen LogP contribution in [0.1, 0.15) is 5.82 Å². The van der Waals surface area contributed by atoms with E-state index in [1.807, 2.05) is 0 Å². The van der Waals surface area contributed by atoms with Gasteiger partial charge in [-0.25, -0.2) is 13.1 Å². The van der Waals surface area contributed by atoms with E-state index in [2.05, 4.69) is 19.9 Å². The zero-order valence-electron chi connectivity index (χ0n) is 7.76. The summed E-state index contributed by atoms with van der Waals surface area (Å²) in [6.07, 6.45) is 0. The quantitative estimate of drug-likeness (QED) is 0.842. The number of hydrogen-bond donors (Lipinski definition) is 2. The maximum absolute atomic E-state index is 11.7. The van der Waals surface area contributed by atoms with Gasteiger partial charge in [0.1, 0.15) is 10.0 Å². The minimum absolute atomic E-state index is 0.0564. The highest BCUT2D eigenvalue weighted by Gasteiger charge is 2.16. The second-order valence-corrected chi connectivity index (χ2v) is 5.64. The van der Waals surface area contributed by atoms with Crippen LogP contribution in [0, 0.1) is 6.92 Å². The molecule has 0 fully saturated rings. The highest BCUT2D eigenvalue weighted by Crippen LogP contribution is 2.17. The minimum Gasteiger partial charge on any atom is -0.261 e. The summed E-state index contributed by atoms with van der Waals surface area (Å²) < 4.78 is 25.9. The molecule has 80 valence electrons. The fraction of sp³-hybridized carbons (Fsp3) is 0.143. The number of aromatic amines is 1. The van der Waals surface area contributed by atoms with E-state index in [0.717, 1.165) is 11.3 Å². The van der Waals surface area contributed by atoms with Crippen LogP contribution in [0.25, 0.3) is 0 Å². The Morgan fingerprint density at radius 3 is 2.87 bits per heavy atom. The largest absolute Gasteiger partial charge is 0.273 e. The first-order valence-electron chi connectivity index (χ1n) is 4.03. The first-order chi connectivity index (χ1) is 7.08. The topological polar surface area (TPSA) is 87.7 Å². The van der Waals surface area contributed by atoms with Gasteiger partial charge in [0, 0.05) is 0 Å². The summed E-state index contributed by atoms with van der Waals surface area (Å²) in [5, 5.41) is 7.93. The molecule has 0 aliphatic rings. The van der Waals surface area contributed by atoms with E-state index >= 15 is 0 Å². The predicted octanol–water partition coefficient (Wildman–Crippen LogP) is 0.975. The van der Waals surface area contributed by atoms with Gasteiger partial charge in [-0.2, -0.15) is 4.98 Å². The average molecular weight is 244 g/mol. The molecule has 0 saturated carbocycles. The van der Waals surface area contributed by atoms with Gasteiger partial charge in [0.25, 0.3) is 16.0 Å². The van der Waals surface area contributed by atoms with Gasteiger partial charge in [-0.05, 0) is 18.4 Å². The molecule has 0 amide bonds. The SMILES string of the molecule is Cc1nc(NS(=O)(=O)c2cccs2)n[nH]1. The maximum atomic E-state index is 11.7. The van der Waals surface area contributed by atoms with Crippen LogP contribution in [0.2, 0.25) is 0 Å². The fourth-order valence-electron chi connectivity index (χ4n) is 0.975. The highest BCUT2D eigenvalue weighted by molar-refractivity contribution is 7.94. The minimum atomic E-state index is -3.53. The number of sulfonamides is 1. The Morgan fingerprint density at radius 1 is 1.53 bits per heavy atom. The molecule has 0 aliphatic heterocycles. The number of aryl methyl sites for hydroxylation is 1. The molecule has 15 heavy (non-hydrogen) atoms. The summed E-state index contributed by atoms with van der Waals surface area (Å²) >= 11 is 1.14. The van der Waals surface area contributed by atoms with Crippen molar-refractivity contribution in [3.63, 3.8) is 0 Å². The van der Waals surface area contributed by atoms with Crippen molar-refractivity contribution in [3.8, 4) is 0 Å². The van der Waals surface area contributed by atoms with Gasteiger partial charge in [0.05, 0.1) is 0 Å². The van der Waals surface area contributed by atoms with E-state index in [1.165, 1.54) is 6.07 Å². The second-order valence-electron chi connectivity index (χ2n) is 2.78. The molecule has 2 aromatic rings. The maximum Gasteiger partial charge on any atom is 0.273 e. The van der Waals surface area contributed by atoms with Crippen molar-refractivity contribution in [2.24, 2.45) is 0 Å². The lowest BCUT2D eigenvalue weighted by molar-refractivity contribution is 0.603. The Morgan fingerprint density at radius 2 is 2.33 bits per heavy atom. The molecular formula is C7H8N4O2S2. The van der Waals surface area contributed by atoms with E-state index in [-0.39, 0.29) is 10.2 Å². The summed E-state index contributed by atoms with van der Waals surface area (Å²) in [5.74, 6) is 0.611. The van der Waals surface area contributed by atoms with Crippen molar-refractivity contribution in [3.05, 3.63) is 23.3 Å². The molecule has 0 aliphatic carbocycles. The number of anilines is 1. The van der Waals surface area contributed by atoms with Crippen molar-refractivity contribution in [2.75, 3.05) is 4.72 Å². The molecule has 2 heterocycles. The van der Waals surface area contributed by atoms with Gasteiger partial charge in [0.15, 0.2) is 0 Å². The van der Waals surface area contributed by atoms with Crippen LogP contribution in [-0.4, -0.2) is 23.6 Å². The van der Waals surface area contributed by atoms with Crippen LogP contribution >= 0.6 is 11.3 Å². The zero-order chi connectivity index (χ0) is 10.9. The van der Waals surface area contributed by atoms with E-state index in [4.69, 9.17) is 0 Å². The Hall–Kier alpha value is -1.41. The smallest absolute Gasteiger partial charge is 0.261 e. The molecule has 8 heteroatoms. The monoisotopic (exact) mass is 244 g/mol. The third kappa shape index (κ3) is 2.16. The summed E-state index contributed by atoms with van der Waals surface area (Å²) in [7, 11) is -3.53. The standard InChI is InChI=1S/C7H8N4O2S2/c1-5-8-7(10-9-5)11-15(12,13)6-3-2-4-14-6/h2-4H,1H3,(H2,8,9,10,11). The predicted molar refractivity (Wildman–Crippen MR) is 56.2 cm³/mol. The summed E-state index contributed by atoms with van der Waals surface area (Å²) in [4.78, 5) is 3.85. The van der Waals surface area contributed by atoms with Gasteiger partial charge >= 0.3 is 0 Å². The Balaban J connectivity index is 2.26. The fourth-order valence-corrected chi connectivity index (χ4v) is 2.91. The third-order valence-electron chi connectivity index (χ3n) is 1.58. The van der Waals surface area contributed by atoms with Crippen LogP contribution in [0.15, 0.2) is 21.7 Å². The molecule has 0 bridgehead atoms. The Labute approximate surface area is 90.4 Å². The molecule has 0 aromatic carbocycles. The van der Waals surface area contributed by atoms with E-state index in [0.29, 0.717) is 5.82 Å². The lowest BCUT2D eigenvalue weighted by atomic mass is 10.7. The number of nitrogens with zero attached hydrogens (tertiary/aromatic N) is 2. The van der Waals surface area contributed by atoms with Crippen LogP contribution in [0.3, 0.4) is 0 Å². The number of rotatable bonds is 3. The van der Waals surface area contributed by atoms with Crippen molar-refractivity contribution < 1.29 is 8.42 Å². The van der Waals surface area contributed by atoms with Crippen LogP contribution in [0.5, 0.6) is 0 Å². The van der Waals surface area contributed by atoms with E-state index in [9.17, 15) is 8.42 Å². The van der Waals surface area contributed by atoms with Gasteiger partial charge < -0.3 is 0 Å². The molecule has 2 aromatic heterocycles. The summed E-state index contributed by atoms with van der Waals surface area (Å²) in [5.41, 5.74) is 0. The van der Waals surface area contributed by atoms with E-state index < -0.39 is 10.0 Å². The molecule has 0 atom stereocenters. The molecule has 0 saturated heterocycles. The van der Waals surface area contributed by atoms with Gasteiger partial charge in [-0.3, -0.25) is 5.10 Å². The normalized spacial score (nSPS) is 11.5. The summed E-state index contributed by atoms with van der Waals surface area (Å²) in [6.45, 7) is 1.69. The van der Waals surface area contributed by atoms with Crippen molar-refractivity contribution in [1.82, 2.24) is 15.2 Å². The molecular weight excluding hydrogens is 236 g/mol. The van der Waals surface area contributed by atoms with Gasteiger partial charge in [-0.15, -0.1) is 16.4 Å². The molecule has 0 radical (unpaired) electrons. The van der Waals surface area contributed by atoms with E-state index in [1.54, 1.807) is 18.4 Å². The number of thiophene rings is 1. The first-order valence-corrected chi connectivity index (χ1v) is 6.39.